The first-order valence-electron chi connectivity index (χ1n) is 16.9. The molecule has 252 valence electrons. The molecule has 0 radical (unpaired) electrons. The first-order valence-corrected chi connectivity index (χ1v) is 17.7. The Bertz CT molecular complexity index is 1650. The van der Waals surface area contributed by atoms with Gasteiger partial charge in [-0.1, -0.05) is 48.9 Å². The molecular formula is C36H41N5O6S. The van der Waals surface area contributed by atoms with Gasteiger partial charge >= 0.3 is 0 Å². The number of nitrogens with one attached hydrogen (secondary N) is 2. The van der Waals surface area contributed by atoms with Gasteiger partial charge in [0, 0.05) is 50.2 Å². The molecule has 1 unspecified atom stereocenters. The number of benzene rings is 2. The summed E-state index contributed by atoms with van der Waals surface area (Å²) in [6.45, 7) is 3.21. The molecule has 5 atom stereocenters. The number of thioether (sulfide) groups is 1. The number of likely N-dealkylation sites (tertiary alicyclic amines) is 1. The number of carbonyl (C=O) groups is 5. The van der Waals surface area contributed by atoms with E-state index in [0.29, 0.717) is 62.2 Å². The van der Waals surface area contributed by atoms with Crippen LogP contribution in [0.15, 0.2) is 54.1 Å². The summed E-state index contributed by atoms with van der Waals surface area (Å²) in [6.07, 6.45) is 5.70. The highest BCUT2D eigenvalue weighted by Crippen LogP contribution is 2.42. The average molecular weight is 672 g/mol. The molecule has 2 aromatic rings. The minimum absolute atomic E-state index is 0.00267. The number of hydrogen-bond acceptors (Lipinski definition) is 8. The quantitative estimate of drug-likeness (QED) is 0.429. The zero-order valence-electron chi connectivity index (χ0n) is 27.3. The van der Waals surface area contributed by atoms with Crippen LogP contribution in [0.5, 0.6) is 5.75 Å². The van der Waals surface area contributed by atoms with Gasteiger partial charge in [0.05, 0.1) is 30.3 Å². The lowest BCUT2D eigenvalue weighted by Gasteiger charge is -2.43. The number of nitrogens with zero attached hydrogens (tertiary/aromatic N) is 3. The molecule has 5 aliphatic rings. The van der Waals surface area contributed by atoms with Crippen LogP contribution in [0.1, 0.15) is 76.9 Å². The van der Waals surface area contributed by atoms with Crippen molar-refractivity contribution in [3.63, 3.8) is 0 Å². The summed E-state index contributed by atoms with van der Waals surface area (Å²) >= 11 is 1.45. The van der Waals surface area contributed by atoms with Crippen molar-refractivity contribution in [2.45, 2.75) is 62.5 Å². The van der Waals surface area contributed by atoms with Crippen molar-refractivity contribution in [3.8, 4) is 5.75 Å². The zero-order valence-corrected chi connectivity index (χ0v) is 28.1. The molecule has 2 aromatic carbocycles. The second-order valence-corrected chi connectivity index (χ2v) is 14.7. The van der Waals surface area contributed by atoms with Crippen LogP contribution in [0.2, 0.25) is 0 Å². The SMILES string of the molecule is CNC(=O)[C@H]1CCCC[C@H]1C(=O)N1CCc2cccc(O[C@H]3CCN(C(=O)C4(C)NC=CS4)C3)c2[C@H]1CN1C(=O)c2ccccc2C1=O. The van der Waals surface area contributed by atoms with E-state index in [2.05, 4.69) is 10.6 Å². The molecule has 5 amide bonds. The third-order valence-electron chi connectivity index (χ3n) is 10.5. The van der Waals surface area contributed by atoms with Crippen LogP contribution >= 0.6 is 11.8 Å². The minimum Gasteiger partial charge on any atom is -0.488 e. The van der Waals surface area contributed by atoms with E-state index in [4.69, 9.17) is 4.74 Å². The van der Waals surface area contributed by atoms with Crippen LogP contribution in [0.4, 0.5) is 0 Å². The second-order valence-electron chi connectivity index (χ2n) is 13.4. The monoisotopic (exact) mass is 671 g/mol. The fourth-order valence-electron chi connectivity index (χ4n) is 8.01. The summed E-state index contributed by atoms with van der Waals surface area (Å²) in [5, 5.41) is 7.78. The lowest BCUT2D eigenvalue weighted by atomic mass is 9.77. The van der Waals surface area contributed by atoms with E-state index < -0.39 is 22.7 Å². The Kier molecular flexibility index (Phi) is 8.69. The molecule has 1 saturated heterocycles. The van der Waals surface area contributed by atoms with Crippen molar-refractivity contribution in [2.75, 3.05) is 33.2 Å². The van der Waals surface area contributed by atoms with E-state index in [1.165, 1.54) is 16.7 Å². The number of carbonyl (C=O) groups excluding carboxylic acids is 5. The topological polar surface area (TPSA) is 128 Å². The summed E-state index contributed by atoms with van der Waals surface area (Å²) in [4.78, 5) is 72.2. The van der Waals surface area contributed by atoms with Crippen LogP contribution < -0.4 is 15.4 Å². The van der Waals surface area contributed by atoms with Gasteiger partial charge in [0.1, 0.15) is 11.9 Å². The lowest BCUT2D eigenvalue weighted by molar-refractivity contribution is -0.146. The summed E-state index contributed by atoms with van der Waals surface area (Å²) in [5.41, 5.74) is 2.46. The van der Waals surface area contributed by atoms with Gasteiger partial charge in [-0.05, 0) is 55.4 Å². The van der Waals surface area contributed by atoms with Crippen molar-refractivity contribution in [1.29, 1.82) is 0 Å². The maximum Gasteiger partial charge on any atom is 0.261 e. The lowest BCUT2D eigenvalue weighted by Crippen LogP contribution is -2.51. The standard InChI is InChI=1S/C36H41N5O6S/c1-36(38-16-19-48-36)35(46)39-17-15-23(20-39)47-29-13-7-8-22-14-18-40(32(43)25-10-4-3-9-24(25)31(42)37-2)28(30(22)29)21-41-33(44)26-11-5-6-12-27(26)34(41)45/h5-8,11-13,16,19,23-25,28,38H,3-4,9-10,14-15,17-18,20-21H2,1-2H3,(H,37,42)/t23-,24-,25+,28+,36?/m0/s1. The Labute approximate surface area is 284 Å². The minimum atomic E-state index is -0.745. The number of amides is 5. The number of ether oxygens (including phenoxy) is 1. The van der Waals surface area contributed by atoms with Crippen molar-refractivity contribution < 1.29 is 28.7 Å². The molecule has 7 rings (SSSR count). The molecule has 11 nitrogen and oxygen atoms in total. The van der Waals surface area contributed by atoms with Crippen molar-refractivity contribution in [2.24, 2.45) is 11.8 Å². The molecule has 48 heavy (non-hydrogen) atoms. The number of imide groups is 1. The number of fused-ring (bicyclic) bond motifs is 2. The highest BCUT2D eigenvalue weighted by Gasteiger charge is 2.46. The summed E-state index contributed by atoms with van der Waals surface area (Å²) in [5.74, 6) is -1.40. The maximum absolute atomic E-state index is 14.5. The van der Waals surface area contributed by atoms with Gasteiger partial charge < -0.3 is 25.2 Å². The average Bonchev–Trinajstić information content (AvgIpc) is 3.83. The van der Waals surface area contributed by atoms with E-state index in [-0.39, 0.29) is 42.2 Å². The van der Waals surface area contributed by atoms with Crippen molar-refractivity contribution in [3.05, 3.63) is 76.3 Å². The van der Waals surface area contributed by atoms with Gasteiger partial charge in [-0.25, -0.2) is 0 Å². The Balaban J connectivity index is 1.20. The molecule has 1 aliphatic carbocycles. The molecule has 12 heteroatoms. The Hall–Kier alpha value is -4.32. The Morgan fingerprint density at radius 3 is 2.40 bits per heavy atom. The fourth-order valence-corrected chi connectivity index (χ4v) is 8.78. The molecule has 4 heterocycles. The van der Waals surface area contributed by atoms with Crippen LogP contribution in [-0.4, -0.2) is 88.4 Å². The smallest absolute Gasteiger partial charge is 0.261 e. The van der Waals surface area contributed by atoms with Gasteiger partial charge in [-0.2, -0.15) is 0 Å². The third kappa shape index (κ3) is 5.63. The van der Waals surface area contributed by atoms with E-state index >= 15 is 0 Å². The van der Waals surface area contributed by atoms with E-state index in [1.54, 1.807) is 42.4 Å². The number of rotatable bonds is 7. The van der Waals surface area contributed by atoms with E-state index in [1.807, 2.05) is 35.4 Å². The number of hydrogen-bond donors (Lipinski definition) is 2. The van der Waals surface area contributed by atoms with Gasteiger partial charge in [0.25, 0.3) is 17.7 Å². The van der Waals surface area contributed by atoms with Crippen LogP contribution in [-0.2, 0) is 20.8 Å². The molecule has 1 saturated carbocycles. The van der Waals surface area contributed by atoms with Crippen molar-refractivity contribution in [1.82, 2.24) is 25.3 Å². The maximum atomic E-state index is 14.5. The second kappa shape index (κ2) is 12.9. The first-order chi connectivity index (χ1) is 23.2. The Morgan fingerprint density at radius 1 is 0.979 bits per heavy atom. The third-order valence-corrected chi connectivity index (χ3v) is 11.6. The summed E-state index contributed by atoms with van der Waals surface area (Å²) in [7, 11) is 1.60. The normalized spacial score (nSPS) is 27.8. The van der Waals surface area contributed by atoms with Crippen LogP contribution in [0, 0.1) is 11.8 Å². The van der Waals surface area contributed by atoms with E-state index in [0.717, 1.165) is 24.0 Å². The van der Waals surface area contributed by atoms with Gasteiger partial charge in [0.15, 0.2) is 4.87 Å². The predicted octanol–water partition coefficient (Wildman–Crippen LogP) is 3.46. The largest absolute Gasteiger partial charge is 0.488 e. The molecule has 2 N–H and O–H groups in total. The van der Waals surface area contributed by atoms with Gasteiger partial charge in [0.2, 0.25) is 11.8 Å². The van der Waals surface area contributed by atoms with Gasteiger partial charge in [-0.3, -0.25) is 28.9 Å². The van der Waals surface area contributed by atoms with E-state index in [9.17, 15) is 24.0 Å². The molecule has 2 fully saturated rings. The zero-order chi connectivity index (χ0) is 33.6. The van der Waals surface area contributed by atoms with Crippen LogP contribution in [0.25, 0.3) is 0 Å². The highest BCUT2D eigenvalue weighted by atomic mass is 32.2. The van der Waals surface area contributed by atoms with Crippen LogP contribution in [0.3, 0.4) is 0 Å². The highest BCUT2D eigenvalue weighted by molar-refractivity contribution is 8.04. The van der Waals surface area contributed by atoms with Crippen molar-refractivity contribution >= 4 is 41.3 Å². The molecular weight excluding hydrogens is 630 g/mol. The fraction of sp³-hybridized carbons (Fsp3) is 0.472. The molecule has 4 aliphatic heterocycles. The molecule has 0 aromatic heterocycles. The van der Waals surface area contributed by atoms with Gasteiger partial charge in [-0.15, -0.1) is 0 Å². The summed E-state index contributed by atoms with van der Waals surface area (Å²) < 4.78 is 6.68. The molecule has 0 bridgehead atoms. The summed E-state index contributed by atoms with van der Waals surface area (Å²) in [6, 6.07) is 11.9. The Morgan fingerprint density at radius 2 is 1.71 bits per heavy atom. The molecule has 0 spiro atoms. The predicted molar refractivity (Wildman–Crippen MR) is 180 cm³/mol. The first kappa shape index (κ1) is 32.2.